The molecule has 4 atom stereocenters. The van der Waals surface area contributed by atoms with Gasteiger partial charge in [0.1, 0.15) is 0 Å². The lowest BCUT2D eigenvalue weighted by molar-refractivity contribution is 0.0293. The summed E-state index contributed by atoms with van der Waals surface area (Å²) in [7, 11) is 0. The standard InChI is InChI=1S/C28H42O4/c1-17-11-9-15-27(7,25(17,3)4)20-14-13-19(23(29)30)21(24(31)32)22(20)28(8)16-10-12-18(2)26(28,5)6/h13-14,17-18H,9-12,15-16H2,1-8H3,(H,29,30)(H,31,32). The van der Waals surface area contributed by atoms with Crippen LogP contribution in [0.25, 0.3) is 0 Å². The van der Waals surface area contributed by atoms with E-state index >= 15 is 0 Å². The smallest absolute Gasteiger partial charge is 0.336 e. The van der Waals surface area contributed by atoms with E-state index in [9.17, 15) is 19.8 Å². The van der Waals surface area contributed by atoms with Gasteiger partial charge >= 0.3 is 11.9 Å². The van der Waals surface area contributed by atoms with Gasteiger partial charge in [0.25, 0.3) is 0 Å². The number of benzene rings is 1. The number of carbonyl (C=O) groups is 2. The molecule has 178 valence electrons. The molecule has 2 aliphatic rings. The first-order chi connectivity index (χ1) is 14.6. The molecule has 32 heavy (non-hydrogen) atoms. The number of rotatable bonds is 4. The van der Waals surface area contributed by atoms with Crippen LogP contribution >= 0.6 is 0 Å². The molecule has 0 amide bonds. The molecule has 3 rings (SSSR count). The van der Waals surface area contributed by atoms with Gasteiger partial charge in [-0.05, 0) is 63.5 Å². The Morgan fingerprint density at radius 3 is 1.72 bits per heavy atom. The van der Waals surface area contributed by atoms with Crippen LogP contribution in [0.15, 0.2) is 12.1 Å². The topological polar surface area (TPSA) is 74.6 Å². The van der Waals surface area contributed by atoms with Crippen molar-refractivity contribution in [3.63, 3.8) is 0 Å². The van der Waals surface area contributed by atoms with Gasteiger partial charge in [-0.2, -0.15) is 0 Å². The summed E-state index contributed by atoms with van der Waals surface area (Å²) in [4.78, 5) is 24.9. The molecule has 2 fully saturated rings. The summed E-state index contributed by atoms with van der Waals surface area (Å²) in [5.41, 5.74) is 0.891. The highest BCUT2D eigenvalue weighted by Gasteiger charge is 2.55. The SMILES string of the molecule is CC1CCCC(C)(c2ccc(C(=O)O)c(C(=O)O)c2C2(C)CCCC(C)C2(C)C)C1(C)C. The molecule has 4 heteroatoms. The minimum Gasteiger partial charge on any atom is -0.478 e. The molecule has 1 aromatic carbocycles. The first kappa shape index (κ1) is 24.8. The molecule has 0 heterocycles. The minimum atomic E-state index is -1.16. The molecular formula is C28H42O4. The minimum absolute atomic E-state index is 0.00919. The molecule has 2 aliphatic carbocycles. The Hall–Kier alpha value is -1.84. The molecule has 0 aliphatic heterocycles. The molecule has 4 unspecified atom stereocenters. The fraction of sp³-hybridized carbons (Fsp3) is 0.714. The molecular weight excluding hydrogens is 400 g/mol. The maximum atomic E-state index is 12.7. The van der Waals surface area contributed by atoms with Gasteiger partial charge in [-0.3, -0.25) is 0 Å². The summed E-state index contributed by atoms with van der Waals surface area (Å²) < 4.78 is 0. The molecule has 0 aromatic heterocycles. The molecule has 0 saturated heterocycles. The van der Waals surface area contributed by atoms with Gasteiger partial charge in [0.05, 0.1) is 11.1 Å². The first-order valence-electron chi connectivity index (χ1n) is 12.3. The van der Waals surface area contributed by atoms with Crippen molar-refractivity contribution in [2.24, 2.45) is 22.7 Å². The van der Waals surface area contributed by atoms with E-state index in [-0.39, 0.29) is 27.4 Å². The van der Waals surface area contributed by atoms with Crippen molar-refractivity contribution in [1.82, 2.24) is 0 Å². The van der Waals surface area contributed by atoms with Crippen molar-refractivity contribution in [1.29, 1.82) is 0 Å². The van der Waals surface area contributed by atoms with Crippen LogP contribution in [0.3, 0.4) is 0 Å². The second-order valence-electron chi connectivity index (χ2n) is 12.2. The van der Waals surface area contributed by atoms with E-state index in [0.717, 1.165) is 49.7 Å². The van der Waals surface area contributed by atoms with Crippen molar-refractivity contribution in [2.45, 2.75) is 105 Å². The largest absolute Gasteiger partial charge is 0.478 e. The predicted molar refractivity (Wildman–Crippen MR) is 129 cm³/mol. The second-order valence-corrected chi connectivity index (χ2v) is 12.2. The third-order valence-electron chi connectivity index (χ3n) is 10.7. The van der Waals surface area contributed by atoms with Gasteiger partial charge in [-0.1, -0.05) is 87.1 Å². The summed E-state index contributed by atoms with van der Waals surface area (Å²) in [5, 5.41) is 20.4. The Bertz CT molecular complexity index is 928. The lowest BCUT2D eigenvalue weighted by Crippen LogP contribution is -2.52. The van der Waals surface area contributed by atoms with Crippen LogP contribution in [0.2, 0.25) is 0 Å². The number of aromatic carboxylic acids is 2. The van der Waals surface area contributed by atoms with Gasteiger partial charge in [-0.15, -0.1) is 0 Å². The third-order valence-corrected chi connectivity index (χ3v) is 10.7. The molecule has 2 saturated carbocycles. The van der Waals surface area contributed by atoms with Gasteiger partial charge in [0, 0.05) is 0 Å². The third kappa shape index (κ3) is 3.31. The van der Waals surface area contributed by atoms with E-state index < -0.39 is 17.4 Å². The lowest BCUT2D eigenvalue weighted by Gasteiger charge is -2.57. The zero-order valence-corrected chi connectivity index (χ0v) is 21.3. The highest BCUT2D eigenvalue weighted by atomic mass is 16.4. The summed E-state index contributed by atoms with van der Waals surface area (Å²) >= 11 is 0. The lowest BCUT2D eigenvalue weighted by atomic mass is 9.46. The molecule has 2 N–H and O–H groups in total. The van der Waals surface area contributed by atoms with Gasteiger partial charge in [-0.25, -0.2) is 9.59 Å². The maximum absolute atomic E-state index is 12.7. The Labute approximate surface area is 193 Å². The van der Waals surface area contributed by atoms with Crippen LogP contribution in [0.1, 0.15) is 126 Å². The van der Waals surface area contributed by atoms with Crippen LogP contribution in [0, 0.1) is 22.7 Å². The highest BCUT2D eigenvalue weighted by Crippen LogP contribution is 2.61. The molecule has 0 bridgehead atoms. The first-order valence-corrected chi connectivity index (χ1v) is 12.3. The van der Waals surface area contributed by atoms with E-state index in [1.54, 1.807) is 6.07 Å². The summed E-state index contributed by atoms with van der Waals surface area (Å²) in [6, 6.07) is 3.51. The van der Waals surface area contributed by atoms with Crippen molar-refractivity contribution >= 4 is 11.9 Å². The average Bonchev–Trinajstić information content (AvgIpc) is 2.69. The van der Waals surface area contributed by atoms with Crippen molar-refractivity contribution in [3.8, 4) is 0 Å². The molecule has 0 spiro atoms. The Kier molecular flexibility index (Phi) is 6.11. The van der Waals surface area contributed by atoms with E-state index in [0.29, 0.717) is 11.8 Å². The molecule has 4 nitrogen and oxygen atoms in total. The zero-order valence-electron chi connectivity index (χ0n) is 21.3. The van der Waals surface area contributed by atoms with Crippen molar-refractivity contribution in [3.05, 3.63) is 34.4 Å². The Morgan fingerprint density at radius 2 is 1.25 bits per heavy atom. The fourth-order valence-corrected chi connectivity index (χ4v) is 6.94. The van der Waals surface area contributed by atoms with E-state index in [4.69, 9.17) is 0 Å². The number of carboxylic acid groups (broad SMARTS) is 2. The monoisotopic (exact) mass is 442 g/mol. The van der Waals surface area contributed by atoms with E-state index in [2.05, 4.69) is 55.4 Å². The fourth-order valence-electron chi connectivity index (χ4n) is 6.94. The van der Waals surface area contributed by atoms with Crippen LogP contribution in [0.5, 0.6) is 0 Å². The van der Waals surface area contributed by atoms with Crippen molar-refractivity contribution in [2.75, 3.05) is 0 Å². The van der Waals surface area contributed by atoms with Crippen molar-refractivity contribution < 1.29 is 19.8 Å². The van der Waals surface area contributed by atoms with Gasteiger partial charge in [0.15, 0.2) is 0 Å². The average molecular weight is 443 g/mol. The van der Waals surface area contributed by atoms with Gasteiger partial charge < -0.3 is 10.2 Å². The summed E-state index contributed by atoms with van der Waals surface area (Å²) in [6.45, 7) is 18.2. The van der Waals surface area contributed by atoms with Crippen LogP contribution in [0.4, 0.5) is 0 Å². The van der Waals surface area contributed by atoms with Gasteiger partial charge in [0.2, 0.25) is 0 Å². The summed E-state index contributed by atoms with van der Waals surface area (Å²) in [5.74, 6) is -1.38. The van der Waals surface area contributed by atoms with Crippen LogP contribution in [-0.4, -0.2) is 22.2 Å². The molecule has 1 aromatic rings. The molecule has 0 radical (unpaired) electrons. The van der Waals surface area contributed by atoms with Crippen LogP contribution < -0.4 is 0 Å². The maximum Gasteiger partial charge on any atom is 0.336 e. The summed E-state index contributed by atoms with van der Waals surface area (Å²) in [6.07, 6.45) is 6.24. The normalized spacial score (nSPS) is 34.1. The quantitative estimate of drug-likeness (QED) is 0.513. The van der Waals surface area contributed by atoms with E-state index in [1.807, 2.05) is 6.07 Å². The Morgan fingerprint density at radius 1 is 0.781 bits per heavy atom. The van der Waals surface area contributed by atoms with Crippen LogP contribution in [-0.2, 0) is 10.8 Å². The highest BCUT2D eigenvalue weighted by molar-refractivity contribution is 6.03. The number of carboxylic acids is 2. The number of hydrogen-bond donors (Lipinski definition) is 2. The predicted octanol–water partition coefficient (Wildman–Crippen LogP) is 7.29. The zero-order chi connectivity index (χ0) is 24.3. The number of hydrogen-bond acceptors (Lipinski definition) is 2. The second kappa shape index (κ2) is 7.88. The van der Waals surface area contributed by atoms with E-state index in [1.165, 1.54) is 0 Å². The Balaban J connectivity index is 2.47.